The number of anilines is 2. The number of amides is 2. The Balaban J connectivity index is 1.07. The average Bonchev–Trinajstić information content (AvgIpc) is 3.43. The number of ether oxygens (including phenoxy) is 1. The Hall–Kier alpha value is -3.37. The van der Waals surface area contributed by atoms with Crippen molar-refractivity contribution in [3.8, 4) is 0 Å². The highest BCUT2D eigenvalue weighted by Gasteiger charge is 2.33. The predicted octanol–water partition coefficient (Wildman–Crippen LogP) is 3.94. The minimum absolute atomic E-state index is 0.0551. The van der Waals surface area contributed by atoms with Crippen molar-refractivity contribution < 1.29 is 18.7 Å². The molecule has 2 amide bonds. The molecule has 0 spiro atoms. The van der Waals surface area contributed by atoms with Crippen LogP contribution in [0.4, 0.5) is 20.6 Å². The zero-order chi connectivity index (χ0) is 25.0. The van der Waals surface area contributed by atoms with Crippen LogP contribution in [0.5, 0.6) is 0 Å². The molecule has 36 heavy (non-hydrogen) atoms. The van der Waals surface area contributed by atoms with Gasteiger partial charge in [-0.3, -0.25) is 14.5 Å². The number of nitrogens with one attached hydrogen (secondary N) is 2. The Morgan fingerprint density at radius 2 is 2.03 bits per heavy atom. The number of pyridine rings is 1. The van der Waals surface area contributed by atoms with E-state index in [9.17, 15) is 18.8 Å². The summed E-state index contributed by atoms with van der Waals surface area (Å²) in [5.74, 6) is 0.0225. The van der Waals surface area contributed by atoms with Gasteiger partial charge in [0, 0.05) is 28.3 Å². The molecule has 0 aliphatic carbocycles. The number of aryl methyl sites for hydroxylation is 1. The van der Waals surface area contributed by atoms with Gasteiger partial charge in [-0.25, -0.2) is 9.18 Å². The van der Waals surface area contributed by atoms with Gasteiger partial charge < -0.3 is 19.9 Å². The van der Waals surface area contributed by atoms with E-state index in [1.807, 2.05) is 18.2 Å². The molecule has 3 aromatic rings. The van der Waals surface area contributed by atoms with Gasteiger partial charge >= 0.3 is 6.09 Å². The number of fused-ring (bicyclic) bond motifs is 1. The van der Waals surface area contributed by atoms with Crippen LogP contribution in [0.15, 0.2) is 46.1 Å². The molecule has 1 saturated heterocycles. The average molecular weight is 509 g/mol. The molecule has 2 aromatic carbocycles. The van der Waals surface area contributed by atoms with Gasteiger partial charge in [0.25, 0.3) is 5.56 Å². The van der Waals surface area contributed by atoms with Crippen LogP contribution in [0, 0.1) is 12.7 Å². The third-order valence-electron chi connectivity index (χ3n) is 7.01. The van der Waals surface area contributed by atoms with E-state index < -0.39 is 6.09 Å². The summed E-state index contributed by atoms with van der Waals surface area (Å²) in [6.45, 7) is 3.20. The van der Waals surface area contributed by atoms with Crippen LogP contribution in [-0.2, 0) is 16.1 Å². The normalized spacial score (nSPS) is 20.6. The molecule has 0 saturated carbocycles. The quantitative estimate of drug-likeness (QED) is 0.490. The largest absolute Gasteiger partial charge is 0.444 e. The van der Waals surface area contributed by atoms with E-state index in [0.717, 1.165) is 16.7 Å². The van der Waals surface area contributed by atoms with Gasteiger partial charge in [-0.1, -0.05) is 0 Å². The van der Waals surface area contributed by atoms with Crippen molar-refractivity contribution in [2.75, 3.05) is 29.1 Å². The number of aromatic nitrogens is 1. The van der Waals surface area contributed by atoms with Crippen molar-refractivity contribution in [1.29, 1.82) is 0 Å². The first kappa shape index (κ1) is 23.1. The Labute approximate surface area is 210 Å². The van der Waals surface area contributed by atoms with Crippen molar-refractivity contribution >= 4 is 46.0 Å². The topological polar surface area (TPSA) is 92.7 Å². The monoisotopic (exact) mass is 508 g/mol. The lowest BCUT2D eigenvalue weighted by Crippen LogP contribution is -2.28. The van der Waals surface area contributed by atoms with Gasteiger partial charge in [-0.05, 0) is 68.1 Å². The van der Waals surface area contributed by atoms with Crippen molar-refractivity contribution in [1.82, 2.24) is 9.88 Å². The van der Waals surface area contributed by atoms with E-state index in [0.29, 0.717) is 59.8 Å². The highest BCUT2D eigenvalue weighted by Crippen LogP contribution is 2.36. The Morgan fingerprint density at radius 3 is 2.89 bits per heavy atom. The Bertz CT molecular complexity index is 1470. The lowest BCUT2D eigenvalue weighted by atomic mass is 10.0. The van der Waals surface area contributed by atoms with E-state index in [4.69, 9.17) is 4.74 Å². The van der Waals surface area contributed by atoms with E-state index in [1.165, 1.54) is 17.8 Å². The highest BCUT2D eigenvalue weighted by atomic mass is 32.2. The molecule has 1 unspecified atom stereocenters. The first-order valence-electron chi connectivity index (χ1n) is 12.0. The SMILES string of the molecule is Cc1cc2ccc(F)c3c2n(c1=O)CC3NCCC[C@@H]1CN(c2ccc3c(c2)NC(=O)CS3)C(=O)O1. The molecule has 3 aliphatic heterocycles. The van der Waals surface area contributed by atoms with Crippen molar-refractivity contribution in [3.63, 3.8) is 0 Å². The number of rotatable bonds is 6. The summed E-state index contributed by atoms with van der Waals surface area (Å²) in [4.78, 5) is 39.4. The minimum atomic E-state index is -0.405. The maximum Gasteiger partial charge on any atom is 0.414 e. The van der Waals surface area contributed by atoms with Crippen LogP contribution in [0.1, 0.15) is 30.0 Å². The van der Waals surface area contributed by atoms with Crippen molar-refractivity contribution in [3.05, 3.63) is 63.7 Å². The molecule has 1 aromatic heterocycles. The molecule has 186 valence electrons. The molecule has 3 aliphatic rings. The van der Waals surface area contributed by atoms with Crippen LogP contribution in [0.25, 0.3) is 10.9 Å². The van der Waals surface area contributed by atoms with E-state index in [-0.39, 0.29) is 29.4 Å². The summed E-state index contributed by atoms with van der Waals surface area (Å²) in [6, 6.07) is 10.3. The Kier molecular flexibility index (Phi) is 5.72. The fraction of sp³-hybridized carbons (Fsp3) is 0.346. The summed E-state index contributed by atoms with van der Waals surface area (Å²) in [5, 5.41) is 7.11. The van der Waals surface area contributed by atoms with Gasteiger partial charge in [0.15, 0.2) is 0 Å². The number of thioether (sulfide) groups is 1. The molecule has 8 nitrogen and oxygen atoms in total. The standard InChI is InChI=1S/C26H25FN4O4S/c1-14-9-15-4-6-18(27)23-20(12-31(24(15)23)25(14)33)28-8-2-3-17-11-30(26(34)35-17)16-5-7-21-19(10-16)29-22(32)13-36-21/h4-7,9-10,17,20,28H,2-3,8,11-13H2,1H3,(H,29,32)/t17-,20?/m1/s1. The number of halogens is 1. The van der Waals surface area contributed by atoms with Crippen LogP contribution in [0.2, 0.25) is 0 Å². The number of hydrogen-bond acceptors (Lipinski definition) is 6. The molecule has 10 heteroatoms. The number of hydrogen-bond donors (Lipinski definition) is 2. The maximum absolute atomic E-state index is 14.7. The molecule has 1 fully saturated rings. The molecule has 0 radical (unpaired) electrons. The third kappa shape index (κ3) is 3.94. The number of benzene rings is 2. The van der Waals surface area contributed by atoms with E-state index in [1.54, 1.807) is 28.5 Å². The zero-order valence-electron chi connectivity index (χ0n) is 19.7. The lowest BCUT2D eigenvalue weighted by Gasteiger charge is -2.20. The zero-order valence-corrected chi connectivity index (χ0v) is 20.5. The van der Waals surface area contributed by atoms with Crippen LogP contribution < -0.4 is 21.1 Å². The molecule has 2 atom stereocenters. The van der Waals surface area contributed by atoms with Gasteiger partial charge in [-0.15, -0.1) is 11.8 Å². The third-order valence-corrected chi connectivity index (χ3v) is 8.08. The molecule has 6 rings (SSSR count). The highest BCUT2D eigenvalue weighted by molar-refractivity contribution is 8.00. The van der Waals surface area contributed by atoms with E-state index in [2.05, 4.69) is 10.6 Å². The van der Waals surface area contributed by atoms with Gasteiger partial charge in [-0.2, -0.15) is 0 Å². The smallest absolute Gasteiger partial charge is 0.414 e. The molecular weight excluding hydrogens is 483 g/mol. The summed E-state index contributed by atoms with van der Waals surface area (Å²) in [7, 11) is 0. The first-order valence-corrected chi connectivity index (χ1v) is 13.0. The molecule has 2 N–H and O–H groups in total. The molecule has 4 heterocycles. The second kappa shape index (κ2) is 8.94. The summed E-state index contributed by atoms with van der Waals surface area (Å²) in [5.41, 5.74) is 3.17. The summed E-state index contributed by atoms with van der Waals surface area (Å²) in [6.07, 6.45) is 0.710. The summed E-state index contributed by atoms with van der Waals surface area (Å²) >= 11 is 1.47. The fourth-order valence-corrected chi connectivity index (χ4v) is 6.09. The number of carbonyl (C=O) groups is 2. The molecular formula is C26H25FN4O4S. The number of carbonyl (C=O) groups excluding carboxylic acids is 2. The van der Waals surface area contributed by atoms with Crippen LogP contribution in [0.3, 0.4) is 0 Å². The number of nitrogens with zero attached hydrogens (tertiary/aromatic N) is 2. The minimum Gasteiger partial charge on any atom is -0.444 e. The maximum atomic E-state index is 14.7. The number of cyclic esters (lactones) is 1. The second-order valence-corrected chi connectivity index (χ2v) is 10.4. The fourth-order valence-electron chi connectivity index (χ4n) is 5.30. The van der Waals surface area contributed by atoms with Gasteiger partial charge in [0.05, 0.1) is 29.5 Å². The Morgan fingerprint density at radius 1 is 1.17 bits per heavy atom. The summed E-state index contributed by atoms with van der Waals surface area (Å²) < 4.78 is 22.0. The van der Waals surface area contributed by atoms with Crippen LogP contribution in [-0.4, -0.2) is 41.5 Å². The predicted molar refractivity (Wildman–Crippen MR) is 136 cm³/mol. The molecule has 0 bridgehead atoms. The van der Waals surface area contributed by atoms with E-state index >= 15 is 0 Å². The van der Waals surface area contributed by atoms with Crippen LogP contribution >= 0.6 is 11.8 Å². The van der Waals surface area contributed by atoms with Crippen molar-refractivity contribution in [2.45, 2.75) is 43.4 Å². The van der Waals surface area contributed by atoms with Gasteiger partial charge in [0.2, 0.25) is 5.91 Å². The van der Waals surface area contributed by atoms with Gasteiger partial charge in [0.1, 0.15) is 11.9 Å². The lowest BCUT2D eigenvalue weighted by molar-refractivity contribution is -0.113. The van der Waals surface area contributed by atoms with Crippen molar-refractivity contribution in [2.24, 2.45) is 0 Å². The first-order chi connectivity index (χ1) is 17.4. The second-order valence-electron chi connectivity index (χ2n) is 9.42.